The molecule has 3 aromatic rings. The predicted octanol–water partition coefficient (Wildman–Crippen LogP) is 4.91. The molecule has 5 heteroatoms. The van der Waals surface area contributed by atoms with Gasteiger partial charge in [-0.25, -0.2) is 0 Å². The highest BCUT2D eigenvalue weighted by Gasteiger charge is 2.11. The lowest BCUT2D eigenvalue weighted by atomic mass is 10.1. The minimum Gasteiger partial charge on any atom is -0.454 e. The van der Waals surface area contributed by atoms with Gasteiger partial charge in [0.1, 0.15) is 5.58 Å². The van der Waals surface area contributed by atoms with E-state index in [1.807, 2.05) is 0 Å². The van der Waals surface area contributed by atoms with Crippen LogP contribution in [-0.2, 0) is 0 Å². The first-order valence-corrected chi connectivity index (χ1v) is 6.21. The lowest BCUT2D eigenvalue weighted by Gasteiger charge is -2.03. The van der Waals surface area contributed by atoms with Crippen molar-refractivity contribution in [3.8, 4) is 0 Å². The average molecular weight is 300 g/mol. The molecule has 0 spiro atoms. The Labute approximate surface area is 117 Å². The normalized spacial score (nSPS) is 11.3. The van der Waals surface area contributed by atoms with E-state index in [4.69, 9.17) is 39.2 Å². The standard InChI is InChI=1S/C13H5Cl3O2/c14-6-1-2-11-8(3-6)12(17)9-4-7(15)5-10(16)13(9)18-11/h1-5H. The molecule has 0 aliphatic carbocycles. The third kappa shape index (κ3) is 1.77. The maximum absolute atomic E-state index is 12.3. The van der Waals surface area contributed by atoms with E-state index < -0.39 is 0 Å². The molecule has 0 atom stereocenters. The van der Waals surface area contributed by atoms with Crippen molar-refractivity contribution in [1.82, 2.24) is 0 Å². The number of hydrogen-bond donors (Lipinski definition) is 0. The fourth-order valence-corrected chi connectivity index (χ4v) is 2.56. The Bertz CT molecular complexity index is 837. The van der Waals surface area contributed by atoms with Gasteiger partial charge in [0.25, 0.3) is 0 Å². The molecule has 90 valence electrons. The number of halogens is 3. The Hall–Kier alpha value is -1.22. The summed E-state index contributed by atoms with van der Waals surface area (Å²) in [6.07, 6.45) is 0. The van der Waals surface area contributed by atoms with E-state index in [1.54, 1.807) is 18.2 Å². The second kappa shape index (κ2) is 4.16. The minimum absolute atomic E-state index is 0.196. The van der Waals surface area contributed by atoms with Crippen molar-refractivity contribution in [2.24, 2.45) is 0 Å². The summed E-state index contributed by atoms with van der Waals surface area (Å²) >= 11 is 17.8. The van der Waals surface area contributed by atoms with E-state index >= 15 is 0 Å². The molecular formula is C13H5Cl3O2. The van der Waals surface area contributed by atoms with Crippen LogP contribution in [0.1, 0.15) is 0 Å². The van der Waals surface area contributed by atoms with E-state index in [0.717, 1.165) is 0 Å². The molecule has 2 aromatic carbocycles. The van der Waals surface area contributed by atoms with Crippen LogP contribution in [0.5, 0.6) is 0 Å². The minimum atomic E-state index is -0.196. The molecule has 0 fully saturated rings. The second-order valence-corrected chi connectivity index (χ2v) is 5.12. The zero-order valence-corrected chi connectivity index (χ0v) is 11.1. The number of benzene rings is 2. The zero-order chi connectivity index (χ0) is 12.9. The lowest BCUT2D eigenvalue weighted by molar-refractivity contribution is 0.660. The van der Waals surface area contributed by atoms with Crippen LogP contribution < -0.4 is 5.43 Å². The number of hydrogen-bond acceptors (Lipinski definition) is 2. The summed E-state index contributed by atoms with van der Waals surface area (Å²) in [7, 11) is 0. The Morgan fingerprint density at radius 1 is 0.889 bits per heavy atom. The molecule has 2 nitrogen and oxygen atoms in total. The second-order valence-electron chi connectivity index (χ2n) is 3.84. The predicted molar refractivity (Wildman–Crippen MR) is 75.0 cm³/mol. The van der Waals surface area contributed by atoms with Crippen molar-refractivity contribution < 1.29 is 4.42 Å². The van der Waals surface area contributed by atoms with Gasteiger partial charge in [0.05, 0.1) is 15.8 Å². The fourth-order valence-electron chi connectivity index (χ4n) is 1.86. The highest BCUT2D eigenvalue weighted by molar-refractivity contribution is 6.38. The molecule has 0 radical (unpaired) electrons. The van der Waals surface area contributed by atoms with Crippen molar-refractivity contribution in [3.63, 3.8) is 0 Å². The van der Waals surface area contributed by atoms with Gasteiger partial charge in [-0.15, -0.1) is 0 Å². The van der Waals surface area contributed by atoms with Crippen LogP contribution in [0, 0.1) is 0 Å². The van der Waals surface area contributed by atoms with Crippen LogP contribution in [0.25, 0.3) is 21.9 Å². The van der Waals surface area contributed by atoms with E-state index in [0.29, 0.717) is 37.0 Å². The molecule has 0 amide bonds. The Morgan fingerprint density at radius 2 is 1.61 bits per heavy atom. The van der Waals surface area contributed by atoms with Crippen molar-refractivity contribution in [1.29, 1.82) is 0 Å². The molecule has 3 rings (SSSR count). The molecule has 0 saturated heterocycles. The van der Waals surface area contributed by atoms with E-state index in [2.05, 4.69) is 0 Å². The first-order chi connectivity index (χ1) is 8.56. The van der Waals surface area contributed by atoms with Gasteiger partial charge in [0.15, 0.2) is 5.58 Å². The van der Waals surface area contributed by atoms with Gasteiger partial charge in [-0.2, -0.15) is 0 Å². The molecule has 18 heavy (non-hydrogen) atoms. The third-order valence-electron chi connectivity index (χ3n) is 2.65. The molecule has 1 aromatic heterocycles. The number of rotatable bonds is 0. The quantitative estimate of drug-likeness (QED) is 0.552. The van der Waals surface area contributed by atoms with Crippen molar-refractivity contribution >= 4 is 56.7 Å². The summed E-state index contributed by atoms with van der Waals surface area (Å²) < 4.78 is 5.62. The van der Waals surface area contributed by atoms with E-state index in [9.17, 15) is 4.79 Å². The number of fused-ring (bicyclic) bond motifs is 2. The van der Waals surface area contributed by atoms with Crippen LogP contribution in [0.4, 0.5) is 0 Å². The van der Waals surface area contributed by atoms with Crippen molar-refractivity contribution in [2.75, 3.05) is 0 Å². The summed E-state index contributed by atoms with van der Waals surface area (Å²) in [6, 6.07) is 7.94. The van der Waals surface area contributed by atoms with Crippen molar-refractivity contribution in [3.05, 3.63) is 55.6 Å². The van der Waals surface area contributed by atoms with Gasteiger partial charge < -0.3 is 4.42 Å². The summed E-state index contributed by atoms with van der Waals surface area (Å²) in [5.41, 5.74) is 0.583. The van der Waals surface area contributed by atoms with Crippen LogP contribution in [-0.4, -0.2) is 0 Å². The summed E-state index contributed by atoms with van der Waals surface area (Å²) in [5.74, 6) is 0. The fraction of sp³-hybridized carbons (Fsp3) is 0. The maximum atomic E-state index is 12.3. The van der Waals surface area contributed by atoms with Gasteiger partial charge in [-0.05, 0) is 30.3 Å². The smallest absolute Gasteiger partial charge is 0.200 e. The monoisotopic (exact) mass is 298 g/mol. The maximum Gasteiger partial charge on any atom is 0.200 e. The highest BCUT2D eigenvalue weighted by atomic mass is 35.5. The largest absolute Gasteiger partial charge is 0.454 e. The first kappa shape index (κ1) is 11.8. The molecule has 0 saturated carbocycles. The third-order valence-corrected chi connectivity index (χ3v) is 3.39. The van der Waals surface area contributed by atoms with E-state index in [1.165, 1.54) is 12.1 Å². The lowest BCUT2D eigenvalue weighted by Crippen LogP contribution is -2.02. The van der Waals surface area contributed by atoms with Crippen LogP contribution in [0.3, 0.4) is 0 Å². The van der Waals surface area contributed by atoms with Crippen molar-refractivity contribution in [2.45, 2.75) is 0 Å². The van der Waals surface area contributed by atoms with E-state index in [-0.39, 0.29) is 5.43 Å². The van der Waals surface area contributed by atoms with Crippen LogP contribution in [0.2, 0.25) is 15.1 Å². The molecule has 0 aliphatic rings. The van der Waals surface area contributed by atoms with Gasteiger partial charge in [-0.1, -0.05) is 34.8 Å². The summed E-state index contributed by atoms with van der Waals surface area (Å²) in [6.45, 7) is 0. The highest BCUT2D eigenvalue weighted by Crippen LogP contribution is 2.29. The van der Waals surface area contributed by atoms with Gasteiger partial charge >= 0.3 is 0 Å². The molecular weight excluding hydrogens is 294 g/mol. The first-order valence-electron chi connectivity index (χ1n) is 5.07. The molecule has 1 heterocycles. The SMILES string of the molecule is O=c1c2cc(Cl)ccc2oc2c(Cl)cc(Cl)cc12. The zero-order valence-electron chi connectivity index (χ0n) is 8.84. The molecule has 0 aliphatic heterocycles. The van der Waals surface area contributed by atoms with Crippen LogP contribution >= 0.6 is 34.8 Å². The Balaban J connectivity index is 2.61. The Kier molecular flexibility index (Phi) is 2.74. The van der Waals surface area contributed by atoms with Crippen LogP contribution in [0.15, 0.2) is 39.5 Å². The average Bonchev–Trinajstić information content (AvgIpc) is 2.32. The Morgan fingerprint density at radius 3 is 2.39 bits per heavy atom. The molecule has 0 bridgehead atoms. The topological polar surface area (TPSA) is 30.2 Å². The van der Waals surface area contributed by atoms with Gasteiger partial charge in [0, 0.05) is 10.0 Å². The summed E-state index contributed by atoms with van der Waals surface area (Å²) in [5, 5.41) is 1.94. The van der Waals surface area contributed by atoms with Gasteiger partial charge in [-0.3, -0.25) is 4.79 Å². The van der Waals surface area contributed by atoms with Gasteiger partial charge in [0.2, 0.25) is 5.43 Å². The summed E-state index contributed by atoms with van der Waals surface area (Å²) in [4.78, 5) is 12.3. The molecule has 0 unspecified atom stereocenters. The molecule has 0 N–H and O–H groups in total.